The molecule has 1 heterocycles. The maximum atomic E-state index is 12.9. The summed E-state index contributed by atoms with van der Waals surface area (Å²) in [6.07, 6.45) is -3.07. The number of ether oxygens (including phenoxy) is 2. The molecule has 5 nitrogen and oxygen atoms in total. The number of alkyl halides is 3. The highest BCUT2D eigenvalue weighted by molar-refractivity contribution is 5.94. The fourth-order valence-corrected chi connectivity index (χ4v) is 2.22. The first-order valence-electron chi connectivity index (χ1n) is 6.78. The van der Waals surface area contributed by atoms with Gasteiger partial charge in [0.05, 0.1) is 18.9 Å². The average molecular weight is 328 g/mol. The Balaban J connectivity index is 2.39. The number of esters is 1. The second-order valence-electron chi connectivity index (χ2n) is 4.69. The van der Waals surface area contributed by atoms with Crippen LogP contribution in [0.1, 0.15) is 28.4 Å². The fourth-order valence-electron chi connectivity index (χ4n) is 2.22. The number of methoxy groups -OCH3 is 1. The third kappa shape index (κ3) is 3.30. The lowest BCUT2D eigenvalue weighted by Crippen LogP contribution is -2.16. The van der Waals surface area contributed by atoms with Gasteiger partial charge in [-0.1, -0.05) is 0 Å². The van der Waals surface area contributed by atoms with Gasteiger partial charge in [0.15, 0.2) is 0 Å². The van der Waals surface area contributed by atoms with Crippen molar-refractivity contribution in [2.75, 3.05) is 7.11 Å². The van der Waals surface area contributed by atoms with E-state index in [-0.39, 0.29) is 22.8 Å². The number of benzene rings is 1. The van der Waals surface area contributed by atoms with Crippen molar-refractivity contribution in [1.29, 1.82) is 0 Å². The molecule has 2 aromatic rings. The molecule has 2 rings (SSSR count). The van der Waals surface area contributed by atoms with Crippen molar-refractivity contribution in [3.8, 4) is 11.6 Å². The van der Waals surface area contributed by atoms with Crippen LogP contribution in [0.15, 0.2) is 24.4 Å². The monoisotopic (exact) mass is 328 g/mol. The molecule has 0 atom stereocenters. The normalized spacial score (nSPS) is 11.4. The molecule has 0 spiro atoms. The van der Waals surface area contributed by atoms with Crippen LogP contribution >= 0.6 is 0 Å². The first-order valence-corrected chi connectivity index (χ1v) is 6.78. The van der Waals surface area contributed by atoms with Gasteiger partial charge in [0.1, 0.15) is 11.3 Å². The van der Waals surface area contributed by atoms with Gasteiger partial charge in [0.25, 0.3) is 0 Å². The number of aryl methyl sites for hydroxylation is 1. The minimum Gasteiger partial charge on any atom is -0.496 e. The lowest BCUT2D eigenvalue weighted by atomic mass is 10.0. The number of hydrogen-bond donors (Lipinski definition) is 0. The average Bonchev–Trinajstić information content (AvgIpc) is 2.92. The molecule has 0 N–H and O–H groups in total. The first kappa shape index (κ1) is 16.9. The van der Waals surface area contributed by atoms with Gasteiger partial charge < -0.3 is 9.47 Å². The molecule has 0 aliphatic carbocycles. The quantitative estimate of drug-likeness (QED) is 0.807. The van der Waals surface area contributed by atoms with E-state index in [1.54, 1.807) is 0 Å². The summed E-state index contributed by atoms with van der Waals surface area (Å²) in [5, 5.41) is 3.95. The fraction of sp³-hybridized carbons (Fsp3) is 0.333. The number of carbonyl (C=O) groups excluding carboxylic acids is 1. The van der Waals surface area contributed by atoms with E-state index < -0.39 is 17.7 Å². The highest BCUT2D eigenvalue weighted by atomic mass is 19.4. The van der Waals surface area contributed by atoms with Gasteiger partial charge in [-0.3, -0.25) is 0 Å². The number of aromatic nitrogens is 2. The first-order chi connectivity index (χ1) is 10.8. The Morgan fingerprint density at radius 3 is 2.57 bits per heavy atom. The van der Waals surface area contributed by atoms with Gasteiger partial charge in [-0.2, -0.15) is 18.3 Å². The molecule has 0 saturated heterocycles. The zero-order valence-electron chi connectivity index (χ0n) is 12.8. The molecule has 0 amide bonds. The molecule has 0 unspecified atom stereocenters. The van der Waals surface area contributed by atoms with E-state index in [9.17, 15) is 18.0 Å². The van der Waals surface area contributed by atoms with E-state index >= 15 is 0 Å². The van der Waals surface area contributed by atoms with Gasteiger partial charge in [-0.25, -0.2) is 9.48 Å². The predicted molar refractivity (Wildman–Crippen MR) is 75.6 cm³/mol. The molecule has 0 radical (unpaired) electrons. The van der Waals surface area contributed by atoms with Gasteiger partial charge in [0, 0.05) is 18.2 Å². The second kappa shape index (κ2) is 6.31. The smallest absolute Gasteiger partial charge is 0.416 e. The summed E-state index contributed by atoms with van der Waals surface area (Å²) in [5.41, 5.74) is -1.11. The Kier molecular flexibility index (Phi) is 4.63. The van der Waals surface area contributed by atoms with Crippen LogP contribution in [-0.4, -0.2) is 22.9 Å². The van der Waals surface area contributed by atoms with Gasteiger partial charge in [0.2, 0.25) is 5.88 Å². The van der Waals surface area contributed by atoms with E-state index in [0.717, 1.165) is 12.1 Å². The SMILES string of the molecule is CCn1nccc1OC(=O)c1ccc(C(F)(F)F)c(C)c1OC. The lowest BCUT2D eigenvalue weighted by molar-refractivity contribution is -0.138. The molecule has 0 aliphatic heterocycles. The Labute approximate surface area is 130 Å². The van der Waals surface area contributed by atoms with Crippen LogP contribution < -0.4 is 9.47 Å². The second-order valence-corrected chi connectivity index (χ2v) is 4.69. The van der Waals surface area contributed by atoms with Crippen LogP contribution in [0.5, 0.6) is 11.6 Å². The molecule has 0 fully saturated rings. The van der Waals surface area contributed by atoms with Crippen LogP contribution in [0.4, 0.5) is 13.2 Å². The Hall–Kier alpha value is -2.51. The lowest BCUT2D eigenvalue weighted by Gasteiger charge is -2.16. The maximum Gasteiger partial charge on any atom is 0.416 e. The van der Waals surface area contributed by atoms with Crippen LogP contribution in [0.3, 0.4) is 0 Å². The zero-order chi connectivity index (χ0) is 17.2. The largest absolute Gasteiger partial charge is 0.496 e. The van der Waals surface area contributed by atoms with E-state index in [1.165, 1.54) is 31.0 Å². The molecule has 0 bridgehead atoms. The predicted octanol–water partition coefficient (Wildman–Crippen LogP) is 3.46. The van der Waals surface area contributed by atoms with E-state index in [0.29, 0.717) is 6.54 Å². The van der Waals surface area contributed by atoms with Crippen molar-refractivity contribution < 1.29 is 27.4 Å². The van der Waals surface area contributed by atoms with Crippen molar-refractivity contribution in [2.24, 2.45) is 0 Å². The van der Waals surface area contributed by atoms with Crippen LogP contribution in [0.2, 0.25) is 0 Å². The van der Waals surface area contributed by atoms with E-state index in [2.05, 4.69) is 5.10 Å². The van der Waals surface area contributed by atoms with Gasteiger partial charge >= 0.3 is 12.1 Å². The topological polar surface area (TPSA) is 53.4 Å². The number of rotatable bonds is 4. The van der Waals surface area contributed by atoms with Crippen LogP contribution in [-0.2, 0) is 12.7 Å². The van der Waals surface area contributed by atoms with E-state index in [1.807, 2.05) is 6.92 Å². The molecule has 23 heavy (non-hydrogen) atoms. The maximum absolute atomic E-state index is 12.9. The standard InChI is InChI=1S/C15H15F3N2O3/c1-4-20-12(7-8-19-20)23-14(21)10-5-6-11(15(16,17)18)9(2)13(10)22-3/h5-8H,4H2,1-3H3. The summed E-state index contributed by atoms with van der Waals surface area (Å²) in [7, 11) is 1.20. The molecular formula is C15H15F3N2O3. The summed E-state index contributed by atoms with van der Waals surface area (Å²) < 4.78 is 50.4. The molecule has 1 aromatic carbocycles. The van der Waals surface area contributed by atoms with Gasteiger partial charge in [-0.15, -0.1) is 0 Å². The number of hydrogen-bond acceptors (Lipinski definition) is 4. The molecule has 124 valence electrons. The van der Waals surface area contributed by atoms with Crippen molar-refractivity contribution in [3.05, 3.63) is 41.1 Å². The Bertz CT molecular complexity index is 723. The summed E-state index contributed by atoms with van der Waals surface area (Å²) in [4.78, 5) is 12.2. The number of halogens is 3. The molecular weight excluding hydrogens is 313 g/mol. The summed E-state index contributed by atoms with van der Waals surface area (Å²) >= 11 is 0. The molecule has 0 saturated carbocycles. The third-order valence-electron chi connectivity index (χ3n) is 3.31. The third-order valence-corrected chi connectivity index (χ3v) is 3.31. The molecule has 8 heteroatoms. The van der Waals surface area contributed by atoms with Crippen molar-refractivity contribution in [1.82, 2.24) is 9.78 Å². The molecule has 0 aliphatic rings. The summed E-state index contributed by atoms with van der Waals surface area (Å²) in [5.74, 6) is -0.765. The highest BCUT2D eigenvalue weighted by Gasteiger charge is 2.35. The van der Waals surface area contributed by atoms with Crippen molar-refractivity contribution >= 4 is 5.97 Å². The van der Waals surface area contributed by atoms with Crippen LogP contribution in [0.25, 0.3) is 0 Å². The van der Waals surface area contributed by atoms with Crippen molar-refractivity contribution in [2.45, 2.75) is 26.6 Å². The zero-order valence-corrected chi connectivity index (χ0v) is 12.8. The summed E-state index contributed by atoms with van der Waals surface area (Å²) in [6.45, 7) is 3.54. The minimum atomic E-state index is -4.53. The number of carbonyl (C=O) groups is 1. The minimum absolute atomic E-state index is 0.0816. The van der Waals surface area contributed by atoms with E-state index in [4.69, 9.17) is 9.47 Å². The summed E-state index contributed by atoms with van der Waals surface area (Å²) in [6, 6.07) is 3.38. The molecule has 1 aromatic heterocycles. The highest BCUT2D eigenvalue weighted by Crippen LogP contribution is 2.37. The van der Waals surface area contributed by atoms with Crippen molar-refractivity contribution in [3.63, 3.8) is 0 Å². The van der Waals surface area contributed by atoms with Crippen LogP contribution in [0, 0.1) is 6.92 Å². The van der Waals surface area contributed by atoms with Gasteiger partial charge in [-0.05, 0) is 26.0 Å². The number of nitrogens with zero attached hydrogens (tertiary/aromatic N) is 2. The Morgan fingerprint density at radius 1 is 1.30 bits per heavy atom. The Morgan fingerprint density at radius 2 is 2.00 bits per heavy atom.